The third-order valence-corrected chi connectivity index (χ3v) is 3.20. The van der Waals surface area contributed by atoms with Crippen LogP contribution in [0.5, 0.6) is 5.75 Å². The fourth-order valence-corrected chi connectivity index (χ4v) is 2.29. The van der Waals surface area contributed by atoms with E-state index in [0.717, 1.165) is 5.56 Å². The van der Waals surface area contributed by atoms with Crippen LogP contribution in [0.4, 0.5) is 15.8 Å². The lowest BCUT2D eigenvalue weighted by Gasteiger charge is -2.11. The standard InChI is InChI=1S/C15H13FN2O2/c16-9-5-10(17)7-11(6-9)18-15(19)13-8-20-14-4-2-1-3-12(13)14/h1-7,13H,8,17H2,(H,18,19). The van der Waals surface area contributed by atoms with Gasteiger partial charge in [0.05, 0.1) is 0 Å². The summed E-state index contributed by atoms with van der Waals surface area (Å²) in [6.07, 6.45) is 0. The number of nitrogens with two attached hydrogens (primary N) is 1. The van der Waals surface area contributed by atoms with Crippen LogP contribution in [-0.2, 0) is 4.79 Å². The molecule has 0 aromatic heterocycles. The van der Waals surface area contributed by atoms with Gasteiger partial charge in [-0.3, -0.25) is 4.79 Å². The Morgan fingerprint density at radius 2 is 2.10 bits per heavy atom. The van der Waals surface area contributed by atoms with Crippen LogP contribution in [-0.4, -0.2) is 12.5 Å². The largest absolute Gasteiger partial charge is 0.492 e. The predicted octanol–water partition coefficient (Wildman–Crippen LogP) is 2.52. The van der Waals surface area contributed by atoms with Gasteiger partial charge < -0.3 is 15.8 Å². The summed E-state index contributed by atoms with van der Waals surface area (Å²) in [5.41, 5.74) is 7.00. The van der Waals surface area contributed by atoms with Crippen LogP contribution in [0, 0.1) is 5.82 Å². The van der Waals surface area contributed by atoms with E-state index in [-0.39, 0.29) is 18.2 Å². The molecule has 3 N–H and O–H groups in total. The van der Waals surface area contributed by atoms with Gasteiger partial charge in [0.15, 0.2) is 0 Å². The van der Waals surface area contributed by atoms with E-state index in [9.17, 15) is 9.18 Å². The number of carbonyl (C=O) groups excluding carboxylic acids is 1. The van der Waals surface area contributed by atoms with Crippen LogP contribution in [0.1, 0.15) is 11.5 Å². The molecule has 5 heteroatoms. The lowest BCUT2D eigenvalue weighted by atomic mass is 10.0. The Morgan fingerprint density at radius 3 is 2.90 bits per heavy atom. The van der Waals surface area contributed by atoms with Gasteiger partial charge in [-0.1, -0.05) is 18.2 Å². The molecule has 1 heterocycles. The smallest absolute Gasteiger partial charge is 0.235 e. The van der Waals surface area contributed by atoms with Gasteiger partial charge in [0, 0.05) is 16.9 Å². The average molecular weight is 272 g/mol. The van der Waals surface area contributed by atoms with Crippen LogP contribution in [0.25, 0.3) is 0 Å². The molecule has 1 amide bonds. The fraction of sp³-hybridized carbons (Fsp3) is 0.133. The van der Waals surface area contributed by atoms with E-state index in [2.05, 4.69) is 5.32 Å². The number of para-hydroxylation sites is 1. The second-order valence-electron chi connectivity index (χ2n) is 4.66. The zero-order chi connectivity index (χ0) is 14.1. The van der Waals surface area contributed by atoms with E-state index in [1.807, 2.05) is 24.3 Å². The highest BCUT2D eigenvalue weighted by Gasteiger charge is 2.30. The number of hydrogen-bond acceptors (Lipinski definition) is 3. The maximum Gasteiger partial charge on any atom is 0.235 e. The zero-order valence-electron chi connectivity index (χ0n) is 10.6. The van der Waals surface area contributed by atoms with Gasteiger partial charge in [-0.05, 0) is 24.3 Å². The molecule has 4 nitrogen and oxygen atoms in total. The number of nitrogens with one attached hydrogen (secondary N) is 1. The Kier molecular flexibility index (Phi) is 3.02. The lowest BCUT2D eigenvalue weighted by Crippen LogP contribution is -2.22. The summed E-state index contributed by atoms with van der Waals surface area (Å²) in [4.78, 5) is 12.2. The van der Waals surface area contributed by atoms with E-state index in [1.54, 1.807) is 0 Å². The highest BCUT2D eigenvalue weighted by molar-refractivity contribution is 5.97. The van der Waals surface area contributed by atoms with Crippen molar-refractivity contribution in [2.24, 2.45) is 0 Å². The topological polar surface area (TPSA) is 64.3 Å². The first-order valence-corrected chi connectivity index (χ1v) is 6.22. The van der Waals surface area contributed by atoms with Gasteiger partial charge in [0.1, 0.15) is 24.1 Å². The van der Waals surface area contributed by atoms with E-state index in [1.165, 1.54) is 18.2 Å². The number of halogens is 1. The minimum atomic E-state index is -0.483. The maximum absolute atomic E-state index is 13.2. The Morgan fingerprint density at radius 1 is 1.30 bits per heavy atom. The van der Waals surface area contributed by atoms with Crippen molar-refractivity contribution >= 4 is 17.3 Å². The van der Waals surface area contributed by atoms with Gasteiger partial charge in [-0.25, -0.2) is 4.39 Å². The number of carbonyl (C=O) groups is 1. The van der Waals surface area contributed by atoms with Crippen molar-refractivity contribution < 1.29 is 13.9 Å². The number of anilines is 2. The molecular formula is C15H13FN2O2. The summed E-state index contributed by atoms with van der Waals surface area (Å²) in [7, 11) is 0. The van der Waals surface area contributed by atoms with Crippen LogP contribution < -0.4 is 15.8 Å². The van der Waals surface area contributed by atoms with Crippen molar-refractivity contribution in [1.29, 1.82) is 0 Å². The quantitative estimate of drug-likeness (QED) is 0.826. The third kappa shape index (κ3) is 2.30. The minimum Gasteiger partial charge on any atom is -0.492 e. The highest BCUT2D eigenvalue weighted by Crippen LogP contribution is 2.34. The number of hydrogen-bond donors (Lipinski definition) is 2. The van der Waals surface area contributed by atoms with E-state index in [4.69, 9.17) is 10.5 Å². The Labute approximate surface area is 115 Å². The van der Waals surface area contributed by atoms with Crippen molar-refractivity contribution in [1.82, 2.24) is 0 Å². The van der Waals surface area contributed by atoms with Crippen molar-refractivity contribution in [3.63, 3.8) is 0 Å². The molecule has 0 fully saturated rings. The maximum atomic E-state index is 13.2. The zero-order valence-corrected chi connectivity index (χ0v) is 10.6. The summed E-state index contributed by atoms with van der Waals surface area (Å²) < 4.78 is 18.7. The van der Waals surface area contributed by atoms with Crippen molar-refractivity contribution in [2.75, 3.05) is 17.7 Å². The first-order valence-electron chi connectivity index (χ1n) is 6.22. The monoisotopic (exact) mass is 272 g/mol. The van der Waals surface area contributed by atoms with Gasteiger partial charge in [0.2, 0.25) is 5.91 Å². The molecule has 2 aromatic rings. The molecule has 1 aliphatic rings. The molecule has 0 spiro atoms. The number of rotatable bonds is 2. The molecule has 1 atom stereocenters. The van der Waals surface area contributed by atoms with Gasteiger partial charge >= 0.3 is 0 Å². The SMILES string of the molecule is Nc1cc(F)cc(NC(=O)C2COc3ccccc32)c1. The Hall–Kier alpha value is -2.56. The van der Waals surface area contributed by atoms with Crippen LogP contribution in [0.15, 0.2) is 42.5 Å². The molecule has 0 radical (unpaired) electrons. The lowest BCUT2D eigenvalue weighted by molar-refractivity contribution is -0.117. The second-order valence-corrected chi connectivity index (χ2v) is 4.66. The minimum absolute atomic E-state index is 0.236. The van der Waals surface area contributed by atoms with E-state index >= 15 is 0 Å². The summed E-state index contributed by atoms with van der Waals surface area (Å²) in [5, 5.41) is 2.67. The highest BCUT2D eigenvalue weighted by atomic mass is 19.1. The number of benzene rings is 2. The molecule has 0 saturated heterocycles. The molecule has 3 rings (SSSR count). The van der Waals surface area contributed by atoms with Crippen molar-refractivity contribution in [2.45, 2.75) is 5.92 Å². The molecular weight excluding hydrogens is 259 g/mol. The number of amides is 1. The number of nitrogen functional groups attached to an aromatic ring is 1. The normalized spacial score (nSPS) is 16.4. The molecule has 0 aliphatic carbocycles. The molecule has 20 heavy (non-hydrogen) atoms. The molecule has 0 saturated carbocycles. The average Bonchev–Trinajstić information content (AvgIpc) is 2.81. The third-order valence-electron chi connectivity index (χ3n) is 3.20. The summed E-state index contributed by atoms with van der Waals surface area (Å²) >= 11 is 0. The van der Waals surface area contributed by atoms with Crippen LogP contribution in [0.2, 0.25) is 0 Å². The number of fused-ring (bicyclic) bond motifs is 1. The predicted molar refractivity (Wildman–Crippen MR) is 74.1 cm³/mol. The Balaban J connectivity index is 1.81. The van der Waals surface area contributed by atoms with Crippen molar-refractivity contribution in [3.05, 3.63) is 53.8 Å². The van der Waals surface area contributed by atoms with Gasteiger partial charge in [-0.15, -0.1) is 0 Å². The first kappa shape index (κ1) is 12.5. The van der Waals surface area contributed by atoms with Gasteiger partial charge in [0.25, 0.3) is 0 Å². The van der Waals surface area contributed by atoms with Crippen LogP contribution >= 0.6 is 0 Å². The second kappa shape index (κ2) is 4.85. The molecule has 2 aromatic carbocycles. The molecule has 102 valence electrons. The molecule has 0 bridgehead atoms. The van der Waals surface area contributed by atoms with Gasteiger partial charge in [-0.2, -0.15) is 0 Å². The van der Waals surface area contributed by atoms with Crippen LogP contribution in [0.3, 0.4) is 0 Å². The summed E-state index contributed by atoms with van der Waals surface area (Å²) in [5.74, 6) is -0.398. The fourth-order valence-electron chi connectivity index (χ4n) is 2.29. The Bertz CT molecular complexity index is 652. The van der Waals surface area contributed by atoms with Crippen molar-refractivity contribution in [3.8, 4) is 5.75 Å². The number of ether oxygens (including phenoxy) is 1. The first-order chi connectivity index (χ1) is 9.63. The van der Waals surface area contributed by atoms with E-state index in [0.29, 0.717) is 11.4 Å². The van der Waals surface area contributed by atoms with E-state index < -0.39 is 11.7 Å². The summed E-state index contributed by atoms with van der Waals surface area (Å²) in [6.45, 7) is 0.288. The summed E-state index contributed by atoms with van der Waals surface area (Å²) in [6, 6.07) is 11.3. The molecule has 1 aliphatic heterocycles. The molecule has 1 unspecified atom stereocenters.